The highest BCUT2D eigenvalue weighted by Gasteiger charge is 2.34. The Hall–Kier alpha value is -2.58. The molecule has 4 rings (SSSR count). The van der Waals surface area contributed by atoms with E-state index in [9.17, 15) is 13.2 Å². The lowest BCUT2D eigenvalue weighted by Gasteiger charge is -2.26. The van der Waals surface area contributed by atoms with Crippen LogP contribution in [0.1, 0.15) is 13.3 Å². The zero-order valence-corrected chi connectivity index (χ0v) is 19.9. The maximum atomic E-state index is 13.0. The van der Waals surface area contributed by atoms with Gasteiger partial charge in [-0.05, 0) is 42.7 Å². The molecular formula is C24H26N2O4S2. The van der Waals surface area contributed by atoms with Crippen LogP contribution in [0.2, 0.25) is 0 Å². The van der Waals surface area contributed by atoms with E-state index in [1.165, 1.54) is 11.8 Å². The quantitative estimate of drug-likeness (QED) is 0.506. The summed E-state index contributed by atoms with van der Waals surface area (Å²) < 4.78 is 29.0. The number of sulfone groups is 1. The second-order valence-corrected chi connectivity index (χ2v) is 11.6. The van der Waals surface area contributed by atoms with Gasteiger partial charge in [0.05, 0.1) is 34.4 Å². The lowest BCUT2D eigenvalue weighted by atomic mass is 10.0. The fourth-order valence-electron chi connectivity index (χ4n) is 4.01. The molecule has 1 amide bonds. The molecule has 6 nitrogen and oxygen atoms in total. The number of thioether (sulfide) groups is 1. The summed E-state index contributed by atoms with van der Waals surface area (Å²) in [7, 11) is 0.265. The topological polar surface area (TPSA) is 76.6 Å². The average molecular weight is 471 g/mol. The van der Waals surface area contributed by atoms with Crippen molar-refractivity contribution in [1.29, 1.82) is 0 Å². The molecule has 1 aliphatic heterocycles. The molecule has 0 spiro atoms. The Morgan fingerprint density at radius 2 is 1.94 bits per heavy atom. The summed E-state index contributed by atoms with van der Waals surface area (Å²) >= 11 is 1.38. The van der Waals surface area contributed by atoms with Gasteiger partial charge in [0.15, 0.2) is 9.84 Å². The summed E-state index contributed by atoms with van der Waals surface area (Å²) in [6.45, 7) is 1.84. The van der Waals surface area contributed by atoms with Crippen molar-refractivity contribution in [3.8, 4) is 16.9 Å². The number of benzene rings is 2. The Kier molecular flexibility index (Phi) is 6.44. The second kappa shape index (κ2) is 9.11. The molecule has 0 bridgehead atoms. The molecule has 1 fully saturated rings. The molecule has 0 unspecified atom stereocenters. The molecule has 8 heteroatoms. The Morgan fingerprint density at radius 3 is 2.59 bits per heavy atom. The van der Waals surface area contributed by atoms with E-state index in [2.05, 4.69) is 12.1 Å². The number of carbonyl (C=O) groups is 1. The highest BCUT2D eigenvalue weighted by Crippen LogP contribution is 2.35. The third-order valence-electron chi connectivity index (χ3n) is 5.83. The van der Waals surface area contributed by atoms with Crippen LogP contribution in [-0.4, -0.2) is 61.2 Å². The molecule has 2 aromatic carbocycles. The number of fused-ring (bicyclic) bond motifs is 1. The zero-order valence-electron chi connectivity index (χ0n) is 18.3. The molecule has 32 heavy (non-hydrogen) atoms. The van der Waals surface area contributed by atoms with E-state index in [0.29, 0.717) is 6.42 Å². The minimum Gasteiger partial charge on any atom is -0.497 e. The summed E-state index contributed by atoms with van der Waals surface area (Å²) in [5.74, 6) is 0.813. The predicted molar refractivity (Wildman–Crippen MR) is 129 cm³/mol. The van der Waals surface area contributed by atoms with Crippen LogP contribution in [0.3, 0.4) is 0 Å². The minimum absolute atomic E-state index is 0.0405. The summed E-state index contributed by atoms with van der Waals surface area (Å²) in [4.78, 5) is 19.4. The molecule has 168 valence electrons. The molecule has 1 saturated heterocycles. The highest BCUT2D eigenvalue weighted by molar-refractivity contribution is 8.00. The van der Waals surface area contributed by atoms with Crippen molar-refractivity contribution >= 4 is 38.4 Å². The number of rotatable bonds is 6. The first-order chi connectivity index (χ1) is 15.3. The maximum Gasteiger partial charge on any atom is 0.235 e. The number of pyridine rings is 1. The molecular weight excluding hydrogens is 444 g/mol. The number of amides is 1. The van der Waals surface area contributed by atoms with Crippen molar-refractivity contribution in [2.75, 3.05) is 25.7 Å². The van der Waals surface area contributed by atoms with Crippen LogP contribution in [0.4, 0.5) is 0 Å². The summed E-state index contributed by atoms with van der Waals surface area (Å²) in [5.41, 5.74) is 2.90. The number of methoxy groups -OCH3 is 1. The van der Waals surface area contributed by atoms with E-state index < -0.39 is 15.1 Å². The molecule has 2 atom stereocenters. The fourth-order valence-corrected chi connectivity index (χ4v) is 6.75. The molecule has 0 saturated carbocycles. The third-order valence-corrected chi connectivity index (χ3v) is 8.58. The van der Waals surface area contributed by atoms with Crippen LogP contribution in [0.15, 0.2) is 59.6 Å². The summed E-state index contributed by atoms with van der Waals surface area (Å²) in [6.07, 6.45) is 0.494. The number of carbonyl (C=O) groups excluding carboxylic acids is 1. The van der Waals surface area contributed by atoms with Crippen molar-refractivity contribution < 1.29 is 17.9 Å². The van der Waals surface area contributed by atoms with Crippen molar-refractivity contribution in [2.24, 2.45) is 0 Å². The molecule has 1 aliphatic rings. The number of hydrogen-bond donors (Lipinski definition) is 0. The Balaban J connectivity index is 1.64. The van der Waals surface area contributed by atoms with Gasteiger partial charge in [-0.3, -0.25) is 4.79 Å². The third kappa shape index (κ3) is 4.76. The first kappa shape index (κ1) is 22.6. The van der Waals surface area contributed by atoms with Gasteiger partial charge in [-0.25, -0.2) is 13.4 Å². The van der Waals surface area contributed by atoms with Gasteiger partial charge in [0.1, 0.15) is 5.75 Å². The fraction of sp³-hybridized carbons (Fsp3) is 0.333. The standard InChI is InChI=1S/C24H26N2O4S2/c1-16(24(27)26(2)18-11-12-32(28,29)15-18)31-23-14-21(17-7-5-4-6-8-17)20-10-9-19(30-3)13-22(20)25-23/h4-10,13-14,16,18H,11-12,15H2,1-3H3/t16-,18-/m0/s1. The van der Waals surface area contributed by atoms with Crippen LogP contribution in [0, 0.1) is 0 Å². The first-order valence-electron chi connectivity index (χ1n) is 10.5. The number of ether oxygens (including phenoxy) is 1. The van der Waals surface area contributed by atoms with E-state index in [1.807, 2.05) is 49.4 Å². The van der Waals surface area contributed by atoms with Crippen LogP contribution in [0.25, 0.3) is 22.0 Å². The molecule has 2 heterocycles. The Morgan fingerprint density at radius 1 is 1.19 bits per heavy atom. The SMILES string of the molecule is COc1ccc2c(-c3ccccc3)cc(S[C@@H](C)C(=O)N(C)[C@H]3CCS(=O)(=O)C3)nc2c1. The van der Waals surface area contributed by atoms with Crippen LogP contribution >= 0.6 is 11.8 Å². The average Bonchev–Trinajstić information content (AvgIpc) is 3.17. The lowest BCUT2D eigenvalue weighted by Crippen LogP contribution is -2.41. The number of aromatic nitrogens is 1. The maximum absolute atomic E-state index is 13.0. The molecule has 0 radical (unpaired) electrons. The minimum atomic E-state index is -3.05. The van der Waals surface area contributed by atoms with Crippen LogP contribution in [0.5, 0.6) is 5.75 Å². The Labute approximate surface area is 192 Å². The van der Waals surface area contributed by atoms with Crippen molar-refractivity contribution in [3.05, 3.63) is 54.6 Å². The zero-order chi connectivity index (χ0) is 22.9. The van der Waals surface area contributed by atoms with E-state index in [4.69, 9.17) is 9.72 Å². The lowest BCUT2D eigenvalue weighted by molar-refractivity contribution is -0.130. The molecule has 0 aliphatic carbocycles. The van der Waals surface area contributed by atoms with Gasteiger partial charge in [-0.1, -0.05) is 42.1 Å². The van der Waals surface area contributed by atoms with Gasteiger partial charge < -0.3 is 9.64 Å². The van der Waals surface area contributed by atoms with Gasteiger partial charge in [-0.15, -0.1) is 0 Å². The summed E-state index contributed by atoms with van der Waals surface area (Å²) in [5, 5.41) is 1.34. The molecule has 3 aromatic rings. The normalized spacial score (nSPS) is 18.4. The smallest absolute Gasteiger partial charge is 0.235 e. The predicted octanol–water partition coefficient (Wildman–Crippen LogP) is 4.04. The molecule has 0 N–H and O–H groups in total. The second-order valence-electron chi connectivity index (χ2n) is 8.02. The molecule has 1 aromatic heterocycles. The van der Waals surface area contributed by atoms with E-state index in [1.54, 1.807) is 19.1 Å². The van der Waals surface area contributed by atoms with Crippen molar-refractivity contribution in [1.82, 2.24) is 9.88 Å². The highest BCUT2D eigenvalue weighted by atomic mass is 32.2. The van der Waals surface area contributed by atoms with Gasteiger partial charge >= 0.3 is 0 Å². The van der Waals surface area contributed by atoms with Crippen LogP contribution < -0.4 is 4.74 Å². The first-order valence-corrected chi connectivity index (χ1v) is 13.2. The van der Waals surface area contributed by atoms with E-state index in [-0.39, 0.29) is 23.5 Å². The summed E-state index contributed by atoms with van der Waals surface area (Å²) in [6, 6.07) is 17.6. The van der Waals surface area contributed by atoms with Gasteiger partial charge in [0, 0.05) is 24.5 Å². The Bertz CT molecular complexity index is 1250. The van der Waals surface area contributed by atoms with E-state index in [0.717, 1.165) is 32.8 Å². The van der Waals surface area contributed by atoms with Gasteiger partial charge in [0.2, 0.25) is 5.91 Å². The van der Waals surface area contributed by atoms with Crippen molar-refractivity contribution in [2.45, 2.75) is 29.7 Å². The van der Waals surface area contributed by atoms with Gasteiger partial charge in [0.25, 0.3) is 0 Å². The largest absolute Gasteiger partial charge is 0.497 e. The number of hydrogen-bond acceptors (Lipinski definition) is 6. The number of nitrogens with zero attached hydrogens (tertiary/aromatic N) is 2. The monoisotopic (exact) mass is 470 g/mol. The van der Waals surface area contributed by atoms with Crippen LogP contribution in [-0.2, 0) is 14.6 Å². The van der Waals surface area contributed by atoms with E-state index >= 15 is 0 Å². The van der Waals surface area contributed by atoms with Gasteiger partial charge in [-0.2, -0.15) is 0 Å². The van der Waals surface area contributed by atoms with Crippen molar-refractivity contribution in [3.63, 3.8) is 0 Å².